The first-order valence-electron chi connectivity index (χ1n) is 10.6. The van der Waals surface area contributed by atoms with Gasteiger partial charge in [-0.3, -0.25) is 19.2 Å². The number of benzene rings is 1. The quantitative estimate of drug-likeness (QED) is 0.228. The van der Waals surface area contributed by atoms with E-state index in [1.807, 2.05) is 0 Å². The molecule has 0 heterocycles. The van der Waals surface area contributed by atoms with E-state index in [4.69, 9.17) is 10.8 Å². The van der Waals surface area contributed by atoms with Crippen molar-refractivity contribution in [2.24, 2.45) is 11.7 Å². The summed E-state index contributed by atoms with van der Waals surface area (Å²) in [6.07, 6.45) is -0.315. The minimum absolute atomic E-state index is 0.0708. The third-order valence-corrected chi connectivity index (χ3v) is 4.90. The summed E-state index contributed by atoms with van der Waals surface area (Å²) in [6.45, 7) is 4.76. The van der Waals surface area contributed by atoms with E-state index in [0.717, 1.165) is 5.56 Å². The number of aliphatic carboxylic acids is 2. The Kier molecular flexibility index (Phi) is 11.0. The number of carbonyl (C=O) groups excluding carboxylic acids is 3. The minimum Gasteiger partial charge on any atom is -0.481 e. The van der Waals surface area contributed by atoms with Crippen LogP contribution in [0, 0.1) is 5.92 Å². The molecule has 0 aliphatic rings. The Bertz CT molecular complexity index is 844. The first-order valence-corrected chi connectivity index (χ1v) is 10.6. The van der Waals surface area contributed by atoms with E-state index in [-0.39, 0.29) is 25.2 Å². The summed E-state index contributed by atoms with van der Waals surface area (Å²) in [5.74, 6) is -4.71. The van der Waals surface area contributed by atoms with E-state index < -0.39 is 53.8 Å². The molecule has 0 aliphatic carbocycles. The smallest absolute Gasteiger partial charge is 0.326 e. The lowest BCUT2D eigenvalue weighted by atomic mass is 10.0. The molecule has 11 nitrogen and oxygen atoms in total. The molecule has 0 spiro atoms. The molecule has 0 aliphatic heterocycles. The molecule has 1 aromatic rings. The molecular weight excluding hydrogens is 432 g/mol. The first-order chi connectivity index (χ1) is 15.4. The van der Waals surface area contributed by atoms with Gasteiger partial charge in [-0.05, 0) is 24.8 Å². The predicted octanol–water partition coefficient (Wildman–Crippen LogP) is -0.364. The van der Waals surface area contributed by atoms with Gasteiger partial charge in [-0.15, -0.1) is 0 Å². The number of nitrogens with two attached hydrogens (primary N) is 1. The maximum absolute atomic E-state index is 12.8. The van der Waals surface area contributed by atoms with Crippen molar-refractivity contribution in [3.8, 4) is 0 Å². The third-order valence-electron chi connectivity index (χ3n) is 4.90. The zero-order valence-electron chi connectivity index (χ0n) is 18.9. The van der Waals surface area contributed by atoms with Crippen LogP contribution in [0.2, 0.25) is 0 Å². The second-order valence-corrected chi connectivity index (χ2v) is 8.09. The molecule has 11 heteroatoms. The van der Waals surface area contributed by atoms with Gasteiger partial charge in [0, 0.05) is 12.8 Å². The molecule has 0 saturated carbocycles. The number of rotatable bonds is 13. The normalized spacial score (nSPS) is 14.5. The molecule has 4 unspecified atom stereocenters. The van der Waals surface area contributed by atoms with Crippen molar-refractivity contribution < 1.29 is 34.2 Å². The maximum Gasteiger partial charge on any atom is 0.326 e. The number of carbonyl (C=O) groups is 5. The highest BCUT2D eigenvalue weighted by atomic mass is 16.4. The van der Waals surface area contributed by atoms with Crippen LogP contribution in [-0.4, -0.2) is 64.0 Å². The molecule has 0 fully saturated rings. The average Bonchev–Trinajstić information content (AvgIpc) is 2.75. The number of carboxylic acid groups (broad SMARTS) is 2. The lowest BCUT2D eigenvalue weighted by molar-refractivity contribution is -0.142. The Hall–Kier alpha value is -3.47. The number of nitrogens with one attached hydrogen (secondary N) is 3. The fraction of sp³-hybridized carbons (Fsp3) is 0.500. The van der Waals surface area contributed by atoms with E-state index in [0.29, 0.717) is 0 Å². The van der Waals surface area contributed by atoms with Gasteiger partial charge in [0.25, 0.3) is 0 Å². The van der Waals surface area contributed by atoms with Crippen LogP contribution in [0.3, 0.4) is 0 Å². The molecule has 4 atom stereocenters. The Morgan fingerprint density at radius 2 is 1.48 bits per heavy atom. The van der Waals surface area contributed by atoms with Crippen molar-refractivity contribution in [2.75, 3.05) is 0 Å². The molecule has 7 N–H and O–H groups in total. The molecular formula is C22H32N4O7. The molecule has 0 radical (unpaired) electrons. The second-order valence-electron chi connectivity index (χ2n) is 8.09. The summed E-state index contributed by atoms with van der Waals surface area (Å²) in [5, 5.41) is 25.5. The second kappa shape index (κ2) is 13.2. The Morgan fingerprint density at radius 3 is 2.00 bits per heavy atom. The largest absolute Gasteiger partial charge is 0.481 e. The Balaban J connectivity index is 2.75. The highest BCUT2D eigenvalue weighted by Crippen LogP contribution is 2.07. The standard InChI is InChI=1S/C22H32N4O7/c1-12(2)18(21(31)25-16(22(32)33)11-14-7-5-4-6-8-14)26-19(29)13(3)24-20(30)15(23)9-10-17(27)28/h4-8,12-13,15-16,18H,9-11,23H2,1-3H3,(H,24,30)(H,25,31)(H,26,29)(H,27,28)(H,32,33). The van der Waals surface area contributed by atoms with Gasteiger partial charge in [0.05, 0.1) is 6.04 Å². The van der Waals surface area contributed by atoms with E-state index in [9.17, 15) is 29.1 Å². The van der Waals surface area contributed by atoms with E-state index >= 15 is 0 Å². The Labute approximate surface area is 192 Å². The number of hydrogen-bond donors (Lipinski definition) is 6. The van der Waals surface area contributed by atoms with Crippen molar-refractivity contribution in [1.82, 2.24) is 16.0 Å². The van der Waals surface area contributed by atoms with Crippen LogP contribution in [0.4, 0.5) is 0 Å². The summed E-state index contributed by atoms with van der Waals surface area (Å²) in [4.78, 5) is 59.6. The van der Waals surface area contributed by atoms with Crippen molar-refractivity contribution in [2.45, 2.75) is 64.2 Å². The van der Waals surface area contributed by atoms with Crippen LogP contribution in [0.25, 0.3) is 0 Å². The van der Waals surface area contributed by atoms with Gasteiger partial charge in [-0.25, -0.2) is 4.79 Å². The van der Waals surface area contributed by atoms with Gasteiger partial charge in [0.2, 0.25) is 17.7 Å². The lowest BCUT2D eigenvalue weighted by Gasteiger charge is -2.26. The fourth-order valence-electron chi connectivity index (χ4n) is 2.92. The average molecular weight is 465 g/mol. The van der Waals surface area contributed by atoms with Crippen LogP contribution in [0.15, 0.2) is 30.3 Å². The topological polar surface area (TPSA) is 188 Å². The zero-order valence-corrected chi connectivity index (χ0v) is 18.9. The van der Waals surface area contributed by atoms with Crippen molar-refractivity contribution in [3.63, 3.8) is 0 Å². The highest BCUT2D eigenvalue weighted by Gasteiger charge is 2.30. The number of carboxylic acids is 2. The van der Waals surface area contributed by atoms with Crippen LogP contribution in [0.5, 0.6) is 0 Å². The van der Waals surface area contributed by atoms with E-state index in [2.05, 4.69) is 16.0 Å². The van der Waals surface area contributed by atoms with Crippen molar-refractivity contribution in [3.05, 3.63) is 35.9 Å². The van der Waals surface area contributed by atoms with Crippen LogP contribution in [0.1, 0.15) is 39.2 Å². The summed E-state index contributed by atoms with van der Waals surface area (Å²) in [7, 11) is 0. The van der Waals surface area contributed by atoms with Gasteiger partial charge >= 0.3 is 11.9 Å². The van der Waals surface area contributed by atoms with Crippen LogP contribution >= 0.6 is 0 Å². The summed E-state index contributed by atoms with van der Waals surface area (Å²) in [5.41, 5.74) is 6.36. The molecule has 1 rings (SSSR count). The molecule has 0 saturated heterocycles. The minimum atomic E-state index is -1.21. The molecule has 182 valence electrons. The van der Waals surface area contributed by atoms with E-state index in [1.54, 1.807) is 44.2 Å². The summed E-state index contributed by atoms with van der Waals surface area (Å²) in [6, 6.07) is 4.41. The SMILES string of the molecule is CC(NC(=O)C(N)CCC(=O)O)C(=O)NC(C(=O)NC(Cc1ccccc1)C(=O)O)C(C)C. The fourth-order valence-corrected chi connectivity index (χ4v) is 2.92. The van der Waals surface area contributed by atoms with Gasteiger partial charge in [0.15, 0.2) is 0 Å². The Morgan fingerprint density at radius 1 is 0.879 bits per heavy atom. The van der Waals surface area contributed by atoms with Crippen LogP contribution in [-0.2, 0) is 30.4 Å². The molecule has 33 heavy (non-hydrogen) atoms. The molecule has 0 bridgehead atoms. The lowest BCUT2D eigenvalue weighted by Crippen LogP contribution is -2.58. The van der Waals surface area contributed by atoms with Crippen LogP contribution < -0.4 is 21.7 Å². The van der Waals surface area contributed by atoms with Gasteiger partial charge < -0.3 is 31.9 Å². The summed E-state index contributed by atoms with van der Waals surface area (Å²) >= 11 is 0. The molecule has 0 aromatic heterocycles. The van der Waals surface area contributed by atoms with Crippen molar-refractivity contribution in [1.29, 1.82) is 0 Å². The van der Waals surface area contributed by atoms with Gasteiger partial charge in [0.1, 0.15) is 18.1 Å². The maximum atomic E-state index is 12.8. The summed E-state index contributed by atoms with van der Waals surface area (Å²) < 4.78 is 0. The predicted molar refractivity (Wildman–Crippen MR) is 119 cm³/mol. The van der Waals surface area contributed by atoms with Gasteiger partial charge in [-0.1, -0.05) is 44.2 Å². The molecule has 1 aromatic carbocycles. The highest BCUT2D eigenvalue weighted by molar-refractivity contribution is 5.94. The van der Waals surface area contributed by atoms with Crippen molar-refractivity contribution >= 4 is 29.7 Å². The number of hydrogen-bond acceptors (Lipinski definition) is 6. The van der Waals surface area contributed by atoms with Gasteiger partial charge in [-0.2, -0.15) is 0 Å². The van der Waals surface area contributed by atoms with E-state index in [1.165, 1.54) is 6.92 Å². The zero-order chi connectivity index (χ0) is 25.1. The third kappa shape index (κ3) is 9.69. The number of amides is 3. The first kappa shape index (κ1) is 27.6. The monoisotopic (exact) mass is 464 g/mol. The molecule has 3 amide bonds.